The van der Waals surface area contributed by atoms with Crippen LogP contribution in [-0.4, -0.2) is 33.5 Å². The first kappa shape index (κ1) is 19.4. The molecule has 1 aliphatic heterocycles. The second-order valence-corrected chi connectivity index (χ2v) is 7.85. The van der Waals surface area contributed by atoms with Crippen molar-refractivity contribution in [2.75, 3.05) is 11.1 Å². The Labute approximate surface area is 162 Å². The second-order valence-electron chi connectivity index (χ2n) is 6.80. The minimum absolute atomic E-state index is 0.102. The maximum absolute atomic E-state index is 12.3. The number of thioether (sulfide) groups is 1. The minimum atomic E-state index is -0.361. The van der Waals surface area contributed by atoms with Crippen LogP contribution in [0.2, 0.25) is 0 Å². The van der Waals surface area contributed by atoms with Gasteiger partial charge in [-0.1, -0.05) is 12.8 Å². The van der Waals surface area contributed by atoms with Crippen molar-refractivity contribution in [3.05, 3.63) is 41.2 Å². The maximum atomic E-state index is 12.3. The third-order valence-corrected chi connectivity index (χ3v) is 5.72. The van der Waals surface area contributed by atoms with Crippen molar-refractivity contribution in [2.24, 2.45) is 10.9 Å². The number of Topliss-reactive ketones (excluding diaryl/α,β-unsaturated/α-hetero) is 1. The maximum Gasteiger partial charge on any atom is 0.277 e. The van der Waals surface area contributed by atoms with Gasteiger partial charge in [-0.25, -0.2) is 4.99 Å². The Morgan fingerprint density at radius 3 is 2.48 bits per heavy atom. The number of aliphatic hydroxyl groups excluding tert-OH is 1. The number of nitrogens with one attached hydrogen (secondary N) is 1. The summed E-state index contributed by atoms with van der Waals surface area (Å²) < 4.78 is 0. The number of anilines is 1. The molecule has 1 heterocycles. The van der Waals surface area contributed by atoms with E-state index in [9.17, 15) is 19.5 Å². The van der Waals surface area contributed by atoms with Gasteiger partial charge in [0.15, 0.2) is 5.78 Å². The molecule has 0 spiro atoms. The summed E-state index contributed by atoms with van der Waals surface area (Å²) in [6.45, 7) is 1.42. The molecule has 0 atom stereocenters. The van der Waals surface area contributed by atoms with Gasteiger partial charge in [-0.2, -0.15) is 0 Å². The zero-order valence-corrected chi connectivity index (χ0v) is 16.0. The summed E-state index contributed by atoms with van der Waals surface area (Å²) in [6, 6.07) is 6.64. The predicted molar refractivity (Wildman–Crippen MR) is 106 cm³/mol. The van der Waals surface area contributed by atoms with Crippen molar-refractivity contribution < 1.29 is 19.5 Å². The van der Waals surface area contributed by atoms with Crippen LogP contribution >= 0.6 is 11.8 Å². The lowest BCUT2D eigenvalue weighted by Crippen LogP contribution is -2.19. The molecule has 0 bridgehead atoms. The molecule has 2 N–H and O–H groups in total. The fraction of sp³-hybridized carbons (Fsp3) is 0.400. The highest BCUT2D eigenvalue weighted by atomic mass is 32.2. The van der Waals surface area contributed by atoms with E-state index in [0.717, 1.165) is 25.7 Å². The van der Waals surface area contributed by atoms with Crippen LogP contribution < -0.4 is 5.32 Å². The van der Waals surface area contributed by atoms with Crippen LogP contribution in [0.3, 0.4) is 0 Å². The molecule has 1 aromatic rings. The number of aliphatic imine (C=N–C) groups is 1. The number of nitrogens with zero attached hydrogens (tertiary/aromatic N) is 1. The van der Waals surface area contributed by atoms with Gasteiger partial charge in [0.25, 0.3) is 5.91 Å². The largest absolute Gasteiger partial charge is 0.511 e. The van der Waals surface area contributed by atoms with Gasteiger partial charge in [0.1, 0.15) is 5.76 Å². The number of hydrogen-bond acceptors (Lipinski definition) is 5. The third-order valence-electron chi connectivity index (χ3n) is 4.75. The zero-order valence-electron chi connectivity index (χ0n) is 15.2. The monoisotopic (exact) mass is 386 g/mol. The summed E-state index contributed by atoms with van der Waals surface area (Å²) >= 11 is 1.18. The molecule has 0 saturated heterocycles. The molecular weight excluding hydrogens is 364 g/mol. The Kier molecular flexibility index (Phi) is 6.11. The molecule has 1 aliphatic carbocycles. The number of hydrogen-bond donors (Lipinski definition) is 2. The molecule has 2 amide bonds. The van der Waals surface area contributed by atoms with E-state index in [1.807, 2.05) is 0 Å². The standard InChI is InChI=1S/C20H22N2O4S/c1-12(23)21-15-8-6-13(7-9-15)17(25)11-27-18-10-16(24)19(20(26)22-18)14-4-2-3-5-14/h6-9,14,24H,2-5,10-11H2,1H3,(H,21,23). The van der Waals surface area contributed by atoms with Gasteiger partial charge < -0.3 is 10.4 Å². The van der Waals surface area contributed by atoms with Gasteiger partial charge in [0, 0.05) is 18.2 Å². The van der Waals surface area contributed by atoms with E-state index in [2.05, 4.69) is 10.3 Å². The van der Waals surface area contributed by atoms with Gasteiger partial charge in [0.05, 0.1) is 22.8 Å². The number of aliphatic hydroxyl groups is 1. The fourth-order valence-corrected chi connectivity index (χ4v) is 4.31. The van der Waals surface area contributed by atoms with Crippen molar-refractivity contribution in [3.63, 3.8) is 0 Å². The molecule has 3 rings (SSSR count). The minimum Gasteiger partial charge on any atom is -0.511 e. The van der Waals surface area contributed by atoms with E-state index >= 15 is 0 Å². The summed E-state index contributed by atoms with van der Waals surface area (Å²) in [6.07, 6.45) is 4.23. The number of benzene rings is 1. The van der Waals surface area contributed by atoms with Crippen molar-refractivity contribution >= 4 is 40.1 Å². The number of amides is 2. The average Bonchev–Trinajstić information content (AvgIpc) is 3.13. The smallest absolute Gasteiger partial charge is 0.277 e. The van der Waals surface area contributed by atoms with E-state index in [4.69, 9.17) is 0 Å². The van der Waals surface area contributed by atoms with Crippen molar-refractivity contribution in [1.82, 2.24) is 0 Å². The molecule has 6 nitrogen and oxygen atoms in total. The molecule has 1 fully saturated rings. The molecule has 2 aliphatic rings. The van der Waals surface area contributed by atoms with Crippen LogP contribution in [0.5, 0.6) is 0 Å². The Morgan fingerprint density at radius 1 is 1.22 bits per heavy atom. The summed E-state index contributed by atoms with van der Waals surface area (Å²) in [5.41, 5.74) is 1.62. The van der Waals surface area contributed by atoms with E-state index in [-0.39, 0.29) is 41.4 Å². The lowest BCUT2D eigenvalue weighted by Gasteiger charge is -2.19. The molecule has 27 heavy (non-hydrogen) atoms. The number of carbonyl (C=O) groups is 3. The second kappa shape index (κ2) is 8.52. The zero-order chi connectivity index (χ0) is 19.4. The highest BCUT2D eigenvalue weighted by Crippen LogP contribution is 2.36. The number of allylic oxidation sites excluding steroid dienone is 1. The van der Waals surface area contributed by atoms with E-state index in [0.29, 0.717) is 21.9 Å². The molecule has 7 heteroatoms. The Balaban J connectivity index is 1.57. The summed E-state index contributed by atoms with van der Waals surface area (Å²) in [4.78, 5) is 39.8. The predicted octanol–water partition coefficient (Wildman–Crippen LogP) is 3.89. The van der Waals surface area contributed by atoms with E-state index < -0.39 is 0 Å². The molecule has 1 aromatic carbocycles. The van der Waals surface area contributed by atoms with Gasteiger partial charge in [-0.3, -0.25) is 14.4 Å². The van der Waals surface area contributed by atoms with Crippen LogP contribution in [0.1, 0.15) is 49.4 Å². The fourth-order valence-electron chi connectivity index (χ4n) is 3.46. The Morgan fingerprint density at radius 2 is 1.89 bits per heavy atom. The van der Waals surface area contributed by atoms with Crippen molar-refractivity contribution in [2.45, 2.75) is 39.0 Å². The molecule has 1 saturated carbocycles. The molecule has 0 radical (unpaired) electrons. The third kappa shape index (κ3) is 4.86. The highest BCUT2D eigenvalue weighted by molar-refractivity contribution is 8.14. The quantitative estimate of drug-likeness (QED) is 0.749. The van der Waals surface area contributed by atoms with Crippen LogP contribution in [-0.2, 0) is 9.59 Å². The Bertz CT molecular complexity index is 821. The van der Waals surface area contributed by atoms with Crippen LogP contribution in [0.15, 0.2) is 40.6 Å². The molecular formula is C20H22N2O4S. The normalized spacial score (nSPS) is 17.8. The summed E-state index contributed by atoms with van der Waals surface area (Å²) in [5, 5.41) is 13.4. The summed E-state index contributed by atoms with van der Waals surface area (Å²) in [7, 11) is 0. The molecule has 0 aromatic heterocycles. The van der Waals surface area contributed by atoms with E-state index in [1.165, 1.54) is 18.7 Å². The van der Waals surface area contributed by atoms with Gasteiger partial charge >= 0.3 is 0 Å². The number of carbonyl (C=O) groups excluding carboxylic acids is 3. The number of rotatable bonds is 5. The lowest BCUT2D eigenvalue weighted by molar-refractivity contribution is -0.115. The van der Waals surface area contributed by atoms with Gasteiger partial charge in [-0.15, -0.1) is 11.8 Å². The first-order valence-electron chi connectivity index (χ1n) is 9.01. The van der Waals surface area contributed by atoms with Crippen molar-refractivity contribution in [1.29, 1.82) is 0 Å². The number of dihydropyridines is 1. The van der Waals surface area contributed by atoms with E-state index in [1.54, 1.807) is 24.3 Å². The SMILES string of the molecule is CC(=O)Nc1ccc(C(=O)CSC2=NC(=O)C(C3CCCC3)=C(O)C2)cc1. The van der Waals surface area contributed by atoms with Gasteiger partial charge in [0.2, 0.25) is 5.91 Å². The number of ketones is 1. The van der Waals surface area contributed by atoms with Crippen LogP contribution in [0, 0.1) is 5.92 Å². The highest BCUT2D eigenvalue weighted by Gasteiger charge is 2.31. The first-order valence-corrected chi connectivity index (χ1v) is 10.00. The first-order chi connectivity index (χ1) is 12.9. The van der Waals surface area contributed by atoms with Crippen LogP contribution in [0.4, 0.5) is 5.69 Å². The van der Waals surface area contributed by atoms with Crippen LogP contribution in [0.25, 0.3) is 0 Å². The summed E-state index contributed by atoms with van der Waals surface area (Å²) in [5.74, 6) is -0.269. The van der Waals surface area contributed by atoms with Crippen molar-refractivity contribution in [3.8, 4) is 0 Å². The average molecular weight is 386 g/mol. The Hall–Kier alpha value is -2.41. The topological polar surface area (TPSA) is 95.8 Å². The molecule has 0 unspecified atom stereocenters. The molecule has 142 valence electrons. The van der Waals surface area contributed by atoms with Gasteiger partial charge in [-0.05, 0) is 43.0 Å². The lowest BCUT2D eigenvalue weighted by atomic mass is 9.93.